The predicted molar refractivity (Wildman–Crippen MR) is 89.6 cm³/mol. The maximum atomic E-state index is 12.2. The number of nitrogens with one attached hydrogen (secondary N) is 2. The van der Waals surface area contributed by atoms with Crippen LogP contribution < -0.4 is 10.6 Å². The summed E-state index contributed by atoms with van der Waals surface area (Å²) in [5.74, 6) is 0.528. The van der Waals surface area contributed by atoms with Gasteiger partial charge in [0.1, 0.15) is 0 Å². The number of amides is 1. The summed E-state index contributed by atoms with van der Waals surface area (Å²) in [5.41, 5.74) is 1.11. The first kappa shape index (κ1) is 16.1. The first-order valence-electron chi connectivity index (χ1n) is 7.81. The number of carbonyl (C=O) groups excluding carboxylic acids is 1. The molecule has 2 N–H and O–H groups in total. The Morgan fingerprint density at radius 3 is 2.77 bits per heavy atom. The lowest BCUT2D eigenvalue weighted by Crippen LogP contribution is -2.46. The van der Waals surface area contributed by atoms with Crippen molar-refractivity contribution in [1.82, 2.24) is 15.5 Å². The van der Waals surface area contributed by atoms with Crippen LogP contribution in [0.25, 0.3) is 0 Å². The number of hydrogen-bond donors (Lipinski definition) is 2. The van der Waals surface area contributed by atoms with Crippen LogP contribution in [0.4, 0.5) is 0 Å². The Kier molecular flexibility index (Phi) is 5.24. The normalized spacial score (nSPS) is 25.0. The topological polar surface area (TPSA) is 44.4 Å². The second kappa shape index (κ2) is 7.18. The minimum absolute atomic E-state index is 0.0836. The van der Waals surface area contributed by atoms with Gasteiger partial charge in [-0.15, -0.1) is 0 Å². The van der Waals surface area contributed by atoms with Gasteiger partial charge in [-0.3, -0.25) is 9.69 Å². The molecule has 6 heteroatoms. The maximum absolute atomic E-state index is 12.2. The molecular formula is C16H21Cl2N3O. The number of halogens is 2. The average molecular weight is 342 g/mol. The minimum Gasteiger partial charge on any atom is -0.355 e. The van der Waals surface area contributed by atoms with Gasteiger partial charge in [-0.05, 0) is 30.0 Å². The lowest BCUT2D eigenvalue weighted by Gasteiger charge is -2.27. The van der Waals surface area contributed by atoms with Gasteiger partial charge in [0, 0.05) is 45.2 Å². The van der Waals surface area contributed by atoms with Crippen molar-refractivity contribution in [3.8, 4) is 0 Å². The summed E-state index contributed by atoms with van der Waals surface area (Å²) in [6.45, 7) is 5.85. The van der Waals surface area contributed by atoms with E-state index >= 15 is 0 Å². The third-order valence-electron chi connectivity index (χ3n) is 4.44. The average Bonchev–Trinajstić information content (AvgIpc) is 3.32. The Morgan fingerprint density at radius 2 is 2.05 bits per heavy atom. The Labute approximate surface area is 141 Å². The smallest absolute Gasteiger partial charge is 0.223 e. The van der Waals surface area contributed by atoms with E-state index < -0.39 is 0 Å². The fourth-order valence-electron chi connectivity index (χ4n) is 3.00. The standard InChI is InChI=1S/C16H21Cl2N3O/c17-14-2-1-11(9-15(14)18)12-10-13(12)16(22)20-5-8-21-6-3-19-4-7-21/h1-2,9,12-13,19H,3-8,10H2,(H,20,22). The molecule has 2 atom stereocenters. The van der Waals surface area contributed by atoms with E-state index in [1.807, 2.05) is 12.1 Å². The van der Waals surface area contributed by atoms with Crippen LogP contribution in [-0.4, -0.2) is 50.1 Å². The van der Waals surface area contributed by atoms with Crippen molar-refractivity contribution in [3.05, 3.63) is 33.8 Å². The van der Waals surface area contributed by atoms with E-state index in [4.69, 9.17) is 23.2 Å². The van der Waals surface area contributed by atoms with Crippen LogP contribution >= 0.6 is 23.2 Å². The Hall–Kier alpha value is -0.810. The number of benzene rings is 1. The van der Waals surface area contributed by atoms with E-state index in [2.05, 4.69) is 15.5 Å². The van der Waals surface area contributed by atoms with Crippen LogP contribution in [-0.2, 0) is 4.79 Å². The molecule has 2 unspecified atom stereocenters. The summed E-state index contributed by atoms with van der Waals surface area (Å²) in [4.78, 5) is 14.6. The zero-order valence-corrected chi connectivity index (χ0v) is 14.0. The maximum Gasteiger partial charge on any atom is 0.223 e. The molecule has 22 heavy (non-hydrogen) atoms. The van der Waals surface area contributed by atoms with E-state index in [1.165, 1.54) is 0 Å². The van der Waals surface area contributed by atoms with Crippen LogP contribution in [0.3, 0.4) is 0 Å². The van der Waals surface area contributed by atoms with E-state index in [0.717, 1.165) is 51.3 Å². The molecule has 0 bridgehead atoms. The van der Waals surface area contributed by atoms with Gasteiger partial charge in [-0.1, -0.05) is 29.3 Å². The summed E-state index contributed by atoms with van der Waals surface area (Å²) in [5, 5.41) is 7.50. The largest absolute Gasteiger partial charge is 0.355 e. The van der Waals surface area contributed by atoms with Crippen molar-refractivity contribution >= 4 is 29.1 Å². The van der Waals surface area contributed by atoms with Crippen molar-refractivity contribution in [2.75, 3.05) is 39.3 Å². The monoisotopic (exact) mass is 341 g/mol. The second-order valence-corrected chi connectivity index (χ2v) is 6.82. The number of hydrogen-bond acceptors (Lipinski definition) is 3. The van der Waals surface area contributed by atoms with Crippen molar-refractivity contribution in [2.45, 2.75) is 12.3 Å². The molecule has 1 aromatic carbocycles. The van der Waals surface area contributed by atoms with Gasteiger partial charge in [0.05, 0.1) is 10.0 Å². The molecule has 2 fully saturated rings. The van der Waals surface area contributed by atoms with Gasteiger partial charge in [-0.2, -0.15) is 0 Å². The summed E-state index contributed by atoms with van der Waals surface area (Å²) < 4.78 is 0. The van der Waals surface area contributed by atoms with E-state index in [-0.39, 0.29) is 17.7 Å². The molecule has 120 valence electrons. The highest BCUT2D eigenvalue weighted by atomic mass is 35.5. The Bertz CT molecular complexity index is 546. The second-order valence-electron chi connectivity index (χ2n) is 6.00. The van der Waals surface area contributed by atoms with E-state index in [0.29, 0.717) is 10.0 Å². The van der Waals surface area contributed by atoms with E-state index in [9.17, 15) is 4.79 Å². The Balaban J connectivity index is 1.43. The number of carbonyl (C=O) groups is 1. The molecule has 0 aromatic heterocycles. The quantitative estimate of drug-likeness (QED) is 0.862. The minimum atomic E-state index is 0.0836. The molecule has 3 rings (SSSR count). The first-order chi connectivity index (χ1) is 10.6. The van der Waals surface area contributed by atoms with Crippen LogP contribution in [0.5, 0.6) is 0 Å². The fraction of sp³-hybridized carbons (Fsp3) is 0.562. The van der Waals surface area contributed by atoms with Crippen LogP contribution in [0.1, 0.15) is 17.9 Å². The van der Waals surface area contributed by atoms with Gasteiger partial charge in [0.25, 0.3) is 0 Å². The summed E-state index contributed by atoms with van der Waals surface area (Å²) in [7, 11) is 0. The molecule has 1 aliphatic heterocycles. The summed E-state index contributed by atoms with van der Waals surface area (Å²) in [6.07, 6.45) is 0.900. The SMILES string of the molecule is O=C(NCCN1CCNCC1)C1CC1c1ccc(Cl)c(Cl)c1. The van der Waals surface area contributed by atoms with Gasteiger partial charge in [0.2, 0.25) is 5.91 Å². The molecule has 1 aliphatic carbocycles. The van der Waals surface area contributed by atoms with Gasteiger partial charge < -0.3 is 10.6 Å². The summed E-state index contributed by atoms with van der Waals surface area (Å²) in [6, 6.07) is 5.65. The molecule has 1 saturated carbocycles. The van der Waals surface area contributed by atoms with E-state index in [1.54, 1.807) is 6.07 Å². The lowest BCUT2D eigenvalue weighted by atomic mass is 10.1. The highest BCUT2D eigenvalue weighted by Crippen LogP contribution is 2.48. The van der Waals surface area contributed by atoms with Crippen molar-refractivity contribution in [1.29, 1.82) is 0 Å². The third kappa shape index (κ3) is 3.93. The van der Waals surface area contributed by atoms with Crippen molar-refractivity contribution < 1.29 is 4.79 Å². The first-order valence-corrected chi connectivity index (χ1v) is 8.56. The van der Waals surface area contributed by atoms with Crippen LogP contribution in [0.15, 0.2) is 18.2 Å². The molecule has 1 amide bonds. The fourth-order valence-corrected chi connectivity index (χ4v) is 3.31. The highest BCUT2D eigenvalue weighted by molar-refractivity contribution is 6.42. The molecule has 0 radical (unpaired) electrons. The highest BCUT2D eigenvalue weighted by Gasteiger charge is 2.43. The zero-order chi connectivity index (χ0) is 15.5. The van der Waals surface area contributed by atoms with Gasteiger partial charge >= 0.3 is 0 Å². The predicted octanol–water partition coefficient (Wildman–Crippen LogP) is 2.12. The number of nitrogens with zero attached hydrogens (tertiary/aromatic N) is 1. The van der Waals surface area contributed by atoms with Gasteiger partial charge in [-0.25, -0.2) is 0 Å². The van der Waals surface area contributed by atoms with Crippen LogP contribution in [0, 0.1) is 5.92 Å². The molecular weight excluding hydrogens is 321 g/mol. The van der Waals surface area contributed by atoms with Crippen LogP contribution in [0.2, 0.25) is 10.0 Å². The molecule has 1 aromatic rings. The van der Waals surface area contributed by atoms with Crippen molar-refractivity contribution in [2.24, 2.45) is 5.92 Å². The summed E-state index contributed by atoms with van der Waals surface area (Å²) >= 11 is 12.0. The molecule has 4 nitrogen and oxygen atoms in total. The molecule has 2 aliphatic rings. The van der Waals surface area contributed by atoms with Crippen molar-refractivity contribution in [3.63, 3.8) is 0 Å². The lowest BCUT2D eigenvalue weighted by molar-refractivity contribution is -0.122. The zero-order valence-electron chi connectivity index (χ0n) is 12.4. The number of rotatable bonds is 5. The Morgan fingerprint density at radius 1 is 1.27 bits per heavy atom. The number of piperazine rings is 1. The molecule has 1 heterocycles. The van der Waals surface area contributed by atoms with Gasteiger partial charge in [0.15, 0.2) is 0 Å². The molecule has 1 saturated heterocycles. The molecule has 0 spiro atoms. The third-order valence-corrected chi connectivity index (χ3v) is 5.17.